The Kier molecular flexibility index (Phi) is 6.11. The summed E-state index contributed by atoms with van der Waals surface area (Å²) in [5.74, 6) is -2.42. The first-order valence-corrected chi connectivity index (χ1v) is 14.9. The van der Waals surface area contributed by atoms with E-state index < -0.39 is 45.7 Å². The maximum absolute atomic E-state index is 14.3. The van der Waals surface area contributed by atoms with E-state index >= 15 is 0 Å². The number of amides is 2. The van der Waals surface area contributed by atoms with E-state index in [9.17, 15) is 29.7 Å². The molecule has 1 spiro atoms. The first-order chi connectivity index (χ1) is 21.8. The number of ketones is 1. The van der Waals surface area contributed by atoms with E-state index in [1.54, 1.807) is 13.0 Å². The van der Waals surface area contributed by atoms with Crippen molar-refractivity contribution in [3.8, 4) is 17.2 Å². The van der Waals surface area contributed by atoms with Crippen LogP contribution in [0.15, 0.2) is 60.8 Å². The molecule has 2 unspecified atom stereocenters. The maximum atomic E-state index is 14.3. The van der Waals surface area contributed by atoms with Crippen molar-refractivity contribution in [2.45, 2.75) is 50.2 Å². The number of rotatable bonds is 4. The van der Waals surface area contributed by atoms with Crippen molar-refractivity contribution in [3.63, 3.8) is 0 Å². The van der Waals surface area contributed by atoms with Crippen molar-refractivity contribution in [1.29, 1.82) is 0 Å². The Morgan fingerprint density at radius 3 is 2.43 bits per heavy atom. The fourth-order valence-corrected chi connectivity index (χ4v) is 7.41. The number of nitrogens with one attached hydrogen (secondary N) is 3. The molecule has 46 heavy (non-hydrogen) atoms. The summed E-state index contributed by atoms with van der Waals surface area (Å²) in [6, 6.07) is 11.7. The predicted molar refractivity (Wildman–Crippen MR) is 171 cm³/mol. The lowest BCUT2D eigenvalue weighted by atomic mass is 9.60. The molecule has 10 nitrogen and oxygen atoms in total. The first-order valence-electron chi connectivity index (χ1n) is 14.9. The summed E-state index contributed by atoms with van der Waals surface area (Å²) >= 11 is 0. The third kappa shape index (κ3) is 3.76. The number of carbonyl (C=O) groups excluding carboxylic acids is 3. The van der Waals surface area contributed by atoms with Crippen LogP contribution >= 0.6 is 0 Å². The quantitative estimate of drug-likeness (QED) is 0.146. The van der Waals surface area contributed by atoms with Crippen molar-refractivity contribution in [3.05, 3.63) is 105 Å². The number of aromatic nitrogens is 1. The van der Waals surface area contributed by atoms with Crippen LogP contribution < -0.4 is 15.4 Å². The van der Waals surface area contributed by atoms with Crippen LogP contribution in [0.2, 0.25) is 0 Å². The molecule has 0 saturated carbocycles. The number of hydrogen-bond donors (Lipinski definition) is 6. The summed E-state index contributed by atoms with van der Waals surface area (Å²) < 4.78 is 5.31. The number of ether oxygens (including phenoxy) is 1. The molecule has 0 bridgehead atoms. The second kappa shape index (κ2) is 9.58. The summed E-state index contributed by atoms with van der Waals surface area (Å²) in [5.41, 5.74) is -1.23. The zero-order valence-corrected chi connectivity index (χ0v) is 25.8. The number of aromatic amines is 1. The molecule has 1 aliphatic heterocycles. The fourth-order valence-electron chi connectivity index (χ4n) is 7.41. The normalized spacial score (nSPS) is 22.8. The van der Waals surface area contributed by atoms with Crippen LogP contribution in [0, 0.1) is 6.92 Å². The molecule has 2 aliphatic carbocycles. The number of aliphatic hydroxyl groups is 1. The Hall–Kier alpha value is -5.35. The molecule has 10 heteroatoms. The van der Waals surface area contributed by atoms with Gasteiger partial charge in [0.25, 0.3) is 11.8 Å². The number of phenolic OH excluding ortho intramolecular Hbond substituents is 2. The first kappa shape index (κ1) is 29.4. The van der Waals surface area contributed by atoms with Crippen molar-refractivity contribution in [2.75, 3.05) is 7.11 Å². The second-order valence-corrected chi connectivity index (χ2v) is 12.9. The molecule has 2 heterocycles. The highest BCUT2D eigenvalue weighted by atomic mass is 16.5. The summed E-state index contributed by atoms with van der Waals surface area (Å²) in [5, 5.41) is 40.8. The number of aromatic hydroxyl groups is 2. The molecule has 3 aliphatic rings. The van der Waals surface area contributed by atoms with E-state index in [4.69, 9.17) is 4.74 Å². The number of methoxy groups -OCH3 is 1. The van der Waals surface area contributed by atoms with Gasteiger partial charge in [-0.1, -0.05) is 38.1 Å². The summed E-state index contributed by atoms with van der Waals surface area (Å²) in [6.07, 6.45) is 3.30. The minimum atomic E-state index is -1.88. The Morgan fingerprint density at radius 1 is 1.00 bits per heavy atom. The number of piperazine rings is 1. The van der Waals surface area contributed by atoms with Crippen LogP contribution in [0.5, 0.6) is 17.2 Å². The van der Waals surface area contributed by atoms with E-state index in [-0.39, 0.29) is 52.1 Å². The molecular formula is C36H33N3O7. The highest BCUT2D eigenvalue weighted by Gasteiger charge is 2.59. The van der Waals surface area contributed by atoms with E-state index in [1.807, 2.05) is 44.2 Å². The van der Waals surface area contributed by atoms with Gasteiger partial charge in [-0.2, -0.15) is 0 Å². The molecule has 3 aromatic carbocycles. The molecule has 1 saturated heterocycles. The Labute approximate surface area is 264 Å². The van der Waals surface area contributed by atoms with Crippen molar-refractivity contribution < 1.29 is 34.4 Å². The summed E-state index contributed by atoms with van der Waals surface area (Å²) in [6.45, 7) is 9.62. The maximum Gasteiger partial charge on any atom is 0.268 e. The molecule has 1 fully saturated rings. The van der Waals surface area contributed by atoms with Gasteiger partial charge >= 0.3 is 0 Å². The lowest BCUT2D eigenvalue weighted by Gasteiger charge is -2.50. The van der Waals surface area contributed by atoms with Gasteiger partial charge in [0.2, 0.25) is 5.78 Å². The van der Waals surface area contributed by atoms with E-state index in [1.165, 1.54) is 25.3 Å². The monoisotopic (exact) mass is 619 g/mol. The summed E-state index contributed by atoms with van der Waals surface area (Å²) in [4.78, 5) is 45.5. The van der Waals surface area contributed by atoms with Crippen molar-refractivity contribution in [2.24, 2.45) is 0 Å². The molecule has 6 N–H and O–H groups in total. The van der Waals surface area contributed by atoms with Gasteiger partial charge in [-0.15, -0.1) is 6.58 Å². The van der Waals surface area contributed by atoms with Crippen molar-refractivity contribution >= 4 is 34.6 Å². The zero-order valence-electron chi connectivity index (χ0n) is 25.8. The molecule has 4 aromatic rings. The van der Waals surface area contributed by atoms with E-state index in [0.717, 1.165) is 22.2 Å². The fraction of sp³-hybridized carbons (Fsp3) is 0.250. The SMILES string of the molecule is C=CC(C)(C)c1[nH]c2ccccc2c1C=C1NC(=O)C2(CCC3(O)c4cc(OC)cc(O)c4C(=O)c4c(O)cc(C)c2c43)NC1=O. The third-order valence-electron chi connectivity index (χ3n) is 9.83. The zero-order chi connectivity index (χ0) is 32.9. The van der Waals surface area contributed by atoms with Gasteiger partial charge < -0.3 is 35.7 Å². The lowest BCUT2D eigenvalue weighted by molar-refractivity contribution is -0.138. The molecule has 2 atom stereocenters. The number of carbonyl (C=O) groups is 3. The van der Waals surface area contributed by atoms with Gasteiger partial charge in [-0.3, -0.25) is 14.4 Å². The predicted octanol–water partition coefficient (Wildman–Crippen LogP) is 4.42. The minimum Gasteiger partial charge on any atom is -0.507 e. The number of fused-ring (bicyclic) bond motifs is 4. The van der Waals surface area contributed by atoms with Gasteiger partial charge in [0.1, 0.15) is 34.1 Å². The van der Waals surface area contributed by atoms with Crippen LogP contribution in [-0.2, 0) is 26.1 Å². The van der Waals surface area contributed by atoms with Crippen LogP contribution in [0.3, 0.4) is 0 Å². The Bertz CT molecular complexity index is 2110. The topological polar surface area (TPSA) is 161 Å². The van der Waals surface area contributed by atoms with Gasteiger partial charge in [0.05, 0.1) is 18.2 Å². The second-order valence-electron chi connectivity index (χ2n) is 12.9. The molecular weight excluding hydrogens is 586 g/mol. The number of aryl methyl sites for hydroxylation is 1. The standard InChI is InChI=1S/C36H33N3O7/c1-6-34(3,4)31-20(19-9-7-8-10-22(19)37-31)16-23-32(43)39-35(33(44)38-23)11-12-36(45)21-14-18(46-5)15-25(41)26(21)30(42)27-24(40)13-17(2)28(35)29(27)36/h6-10,13-16,37,40-41,45H,1,11-12H2,2-5H3,(H,38,44)(H,39,43). The Balaban J connectivity index is 1.39. The van der Waals surface area contributed by atoms with Gasteiger partial charge in [-0.05, 0) is 55.2 Å². The molecule has 0 radical (unpaired) electrons. The number of allylic oxidation sites excluding steroid dienone is 1. The van der Waals surface area contributed by atoms with E-state index in [0.29, 0.717) is 5.56 Å². The highest BCUT2D eigenvalue weighted by Crippen LogP contribution is 2.57. The van der Waals surface area contributed by atoms with Crippen LogP contribution in [-0.4, -0.2) is 45.0 Å². The van der Waals surface area contributed by atoms with Crippen LogP contribution in [0.1, 0.15) is 76.1 Å². The van der Waals surface area contributed by atoms with Crippen molar-refractivity contribution in [1.82, 2.24) is 15.6 Å². The average molecular weight is 620 g/mol. The number of benzene rings is 3. The van der Waals surface area contributed by atoms with E-state index in [2.05, 4.69) is 22.2 Å². The Morgan fingerprint density at radius 2 is 1.72 bits per heavy atom. The molecule has 2 amide bonds. The molecule has 1 aromatic heterocycles. The smallest absolute Gasteiger partial charge is 0.268 e. The average Bonchev–Trinajstić information content (AvgIpc) is 3.39. The third-order valence-corrected chi connectivity index (χ3v) is 9.83. The molecule has 7 rings (SSSR count). The number of H-pyrrole nitrogens is 1. The number of phenols is 2. The largest absolute Gasteiger partial charge is 0.507 e. The number of hydrogen-bond acceptors (Lipinski definition) is 7. The van der Waals surface area contributed by atoms with Gasteiger partial charge in [0.15, 0.2) is 0 Å². The van der Waals surface area contributed by atoms with Gasteiger partial charge in [0, 0.05) is 44.8 Å². The van der Waals surface area contributed by atoms with Crippen LogP contribution in [0.25, 0.3) is 17.0 Å². The molecule has 234 valence electrons. The summed E-state index contributed by atoms with van der Waals surface area (Å²) in [7, 11) is 1.39. The highest BCUT2D eigenvalue weighted by molar-refractivity contribution is 6.18. The minimum absolute atomic E-state index is 0.0240. The van der Waals surface area contributed by atoms with Crippen LogP contribution in [0.4, 0.5) is 0 Å². The lowest BCUT2D eigenvalue weighted by Crippen LogP contribution is -2.65. The van der Waals surface area contributed by atoms with Gasteiger partial charge in [-0.25, -0.2) is 0 Å². The number of para-hydroxylation sites is 1.